The first-order chi connectivity index (χ1) is 6.84. The van der Waals surface area contributed by atoms with Crippen molar-refractivity contribution in [1.82, 2.24) is 5.32 Å². The van der Waals surface area contributed by atoms with Gasteiger partial charge in [0.05, 0.1) is 0 Å². The fraction of sp³-hybridized carbons (Fsp3) is 1.00. The Hall–Kier alpha value is 0.660. The average molecular weight is 231 g/mol. The van der Waals surface area contributed by atoms with Gasteiger partial charge in [0.1, 0.15) is 0 Å². The van der Waals surface area contributed by atoms with E-state index in [4.69, 9.17) is 0 Å². The van der Waals surface area contributed by atoms with Gasteiger partial charge in [-0.15, -0.1) is 0 Å². The third-order valence-electron chi connectivity index (χ3n) is 3.12. The molecule has 2 fully saturated rings. The summed E-state index contributed by atoms with van der Waals surface area (Å²) in [5, 5.41) is 4.74. The Morgan fingerprint density at radius 3 is 2.86 bits per heavy atom. The van der Waals surface area contributed by atoms with E-state index >= 15 is 0 Å². The largest absolute Gasteiger partial charge is 0.310 e. The molecule has 1 nitrogen and oxygen atoms in total. The van der Waals surface area contributed by atoms with Crippen LogP contribution in [0.25, 0.3) is 0 Å². The summed E-state index contributed by atoms with van der Waals surface area (Å²) in [4.78, 5) is 0. The second-order valence-electron chi connectivity index (χ2n) is 4.48. The minimum atomic E-state index is 0.808. The monoisotopic (exact) mass is 231 g/mol. The molecule has 82 valence electrons. The second-order valence-corrected chi connectivity index (χ2v) is 7.18. The summed E-state index contributed by atoms with van der Waals surface area (Å²) in [5.74, 6) is 4.09. The molecule has 0 saturated carbocycles. The smallest absolute Gasteiger partial charge is 0.0171 e. The van der Waals surface area contributed by atoms with Gasteiger partial charge in [-0.05, 0) is 37.2 Å². The van der Waals surface area contributed by atoms with Gasteiger partial charge >= 0.3 is 0 Å². The van der Waals surface area contributed by atoms with Crippen molar-refractivity contribution in [2.45, 2.75) is 49.9 Å². The summed E-state index contributed by atoms with van der Waals surface area (Å²) >= 11 is 4.26. The highest BCUT2D eigenvalue weighted by atomic mass is 32.2. The van der Waals surface area contributed by atoms with Crippen molar-refractivity contribution in [3.05, 3.63) is 0 Å². The van der Waals surface area contributed by atoms with Crippen LogP contribution in [0.4, 0.5) is 0 Å². The Balaban J connectivity index is 1.72. The zero-order chi connectivity index (χ0) is 9.80. The predicted molar refractivity (Wildman–Crippen MR) is 68.4 cm³/mol. The maximum Gasteiger partial charge on any atom is 0.0171 e. The van der Waals surface area contributed by atoms with Crippen molar-refractivity contribution in [2.24, 2.45) is 0 Å². The van der Waals surface area contributed by atoms with E-state index in [1.54, 1.807) is 0 Å². The molecule has 1 N–H and O–H groups in total. The molecule has 0 radical (unpaired) electrons. The topological polar surface area (TPSA) is 12.0 Å². The molecule has 2 aliphatic rings. The third kappa shape index (κ3) is 3.35. The van der Waals surface area contributed by atoms with E-state index in [1.165, 1.54) is 42.9 Å². The molecule has 2 heterocycles. The van der Waals surface area contributed by atoms with Crippen LogP contribution in [0.3, 0.4) is 0 Å². The van der Waals surface area contributed by atoms with Crippen LogP contribution in [0.2, 0.25) is 0 Å². The summed E-state index contributed by atoms with van der Waals surface area (Å²) < 4.78 is 0. The molecule has 3 atom stereocenters. The van der Waals surface area contributed by atoms with Crippen molar-refractivity contribution in [3.63, 3.8) is 0 Å². The third-order valence-corrected chi connectivity index (χ3v) is 5.58. The average Bonchev–Trinajstić information content (AvgIpc) is 2.43. The molecule has 3 heteroatoms. The molecule has 0 aromatic rings. The summed E-state index contributed by atoms with van der Waals surface area (Å²) in [5.41, 5.74) is 0. The molecular formula is C11H21NS2. The Morgan fingerprint density at radius 2 is 2.07 bits per heavy atom. The van der Waals surface area contributed by atoms with E-state index in [0.717, 1.165) is 17.3 Å². The lowest BCUT2D eigenvalue weighted by Gasteiger charge is -2.20. The van der Waals surface area contributed by atoms with Crippen molar-refractivity contribution >= 4 is 23.5 Å². The number of hydrogen-bond acceptors (Lipinski definition) is 3. The highest BCUT2D eigenvalue weighted by Gasteiger charge is 2.24. The molecule has 0 spiro atoms. The fourth-order valence-corrected chi connectivity index (χ4v) is 4.52. The van der Waals surface area contributed by atoms with Gasteiger partial charge in [0, 0.05) is 23.1 Å². The molecule has 2 aliphatic heterocycles. The quantitative estimate of drug-likeness (QED) is 0.785. The van der Waals surface area contributed by atoms with Crippen LogP contribution < -0.4 is 5.32 Å². The standard InChI is InChI=1S/C11H21NS2/c1-9-7-11(8-14-9)12-10-3-2-5-13-6-4-10/h9-12H,2-8H2,1H3. The molecule has 0 bridgehead atoms. The van der Waals surface area contributed by atoms with Crippen LogP contribution in [0, 0.1) is 0 Å². The number of nitrogens with one attached hydrogen (secondary N) is 1. The second kappa shape index (κ2) is 5.66. The molecule has 0 aromatic carbocycles. The molecule has 0 aromatic heterocycles. The van der Waals surface area contributed by atoms with Crippen LogP contribution in [0.5, 0.6) is 0 Å². The Morgan fingerprint density at radius 1 is 1.14 bits per heavy atom. The highest BCUT2D eigenvalue weighted by Crippen LogP contribution is 2.27. The van der Waals surface area contributed by atoms with E-state index in [-0.39, 0.29) is 0 Å². The number of hydrogen-bond donors (Lipinski definition) is 1. The minimum absolute atomic E-state index is 0.808. The predicted octanol–water partition coefficient (Wildman–Crippen LogP) is 2.76. The lowest BCUT2D eigenvalue weighted by molar-refractivity contribution is 0.414. The Bertz CT molecular complexity index is 167. The first kappa shape index (κ1) is 11.2. The maximum absolute atomic E-state index is 3.85. The van der Waals surface area contributed by atoms with Crippen LogP contribution in [0.15, 0.2) is 0 Å². The minimum Gasteiger partial charge on any atom is -0.310 e. The summed E-state index contributed by atoms with van der Waals surface area (Å²) in [6.07, 6.45) is 5.59. The van der Waals surface area contributed by atoms with E-state index in [0.29, 0.717) is 0 Å². The molecule has 0 amide bonds. The molecule has 2 saturated heterocycles. The Kier molecular flexibility index (Phi) is 4.51. The van der Waals surface area contributed by atoms with Gasteiger partial charge in [0.25, 0.3) is 0 Å². The van der Waals surface area contributed by atoms with Crippen molar-refractivity contribution in [1.29, 1.82) is 0 Å². The summed E-state index contributed by atoms with van der Waals surface area (Å²) in [6, 6.07) is 1.63. The van der Waals surface area contributed by atoms with Gasteiger partial charge in [0.15, 0.2) is 0 Å². The van der Waals surface area contributed by atoms with Crippen LogP contribution >= 0.6 is 23.5 Å². The molecule has 2 rings (SSSR count). The summed E-state index contributed by atoms with van der Waals surface area (Å²) in [7, 11) is 0. The zero-order valence-electron chi connectivity index (χ0n) is 9.00. The van der Waals surface area contributed by atoms with Gasteiger partial charge in [-0.1, -0.05) is 6.92 Å². The summed E-state index contributed by atoms with van der Waals surface area (Å²) in [6.45, 7) is 2.36. The first-order valence-electron chi connectivity index (χ1n) is 5.80. The molecule has 14 heavy (non-hydrogen) atoms. The normalized spacial score (nSPS) is 39.6. The lowest BCUT2D eigenvalue weighted by Crippen LogP contribution is -2.38. The van der Waals surface area contributed by atoms with Crippen molar-refractivity contribution in [3.8, 4) is 0 Å². The zero-order valence-corrected chi connectivity index (χ0v) is 10.6. The van der Waals surface area contributed by atoms with E-state index in [2.05, 4.69) is 35.8 Å². The molecule has 0 aliphatic carbocycles. The van der Waals surface area contributed by atoms with Crippen molar-refractivity contribution < 1.29 is 0 Å². The Labute approximate surface area is 96.2 Å². The number of thioether (sulfide) groups is 2. The van der Waals surface area contributed by atoms with Gasteiger partial charge in [0.2, 0.25) is 0 Å². The SMILES string of the molecule is CC1CC(NC2CCCSCC2)CS1. The van der Waals surface area contributed by atoms with E-state index < -0.39 is 0 Å². The van der Waals surface area contributed by atoms with Gasteiger partial charge in [-0.25, -0.2) is 0 Å². The highest BCUT2D eigenvalue weighted by molar-refractivity contribution is 8.00. The van der Waals surface area contributed by atoms with Gasteiger partial charge in [-0.3, -0.25) is 0 Å². The fourth-order valence-electron chi connectivity index (χ4n) is 2.34. The van der Waals surface area contributed by atoms with Gasteiger partial charge < -0.3 is 5.32 Å². The van der Waals surface area contributed by atoms with Crippen molar-refractivity contribution in [2.75, 3.05) is 17.3 Å². The maximum atomic E-state index is 3.85. The van der Waals surface area contributed by atoms with Gasteiger partial charge in [-0.2, -0.15) is 23.5 Å². The van der Waals surface area contributed by atoms with Crippen LogP contribution in [-0.4, -0.2) is 34.6 Å². The first-order valence-corrected chi connectivity index (χ1v) is 8.00. The number of rotatable bonds is 2. The lowest BCUT2D eigenvalue weighted by atomic mass is 10.1. The van der Waals surface area contributed by atoms with Crippen LogP contribution in [-0.2, 0) is 0 Å². The van der Waals surface area contributed by atoms with E-state index in [1.807, 2.05) is 0 Å². The van der Waals surface area contributed by atoms with E-state index in [9.17, 15) is 0 Å². The molecular weight excluding hydrogens is 210 g/mol. The molecule has 3 unspecified atom stereocenters. The van der Waals surface area contributed by atoms with Crippen LogP contribution in [0.1, 0.15) is 32.6 Å².